The summed E-state index contributed by atoms with van der Waals surface area (Å²) >= 11 is 0. The third-order valence-corrected chi connectivity index (χ3v) is 4.88. The Morgan fingerprint density at radius 2 is 1.67 bits per heavy atom. The molecular weight excluding hydrogens is 374 g/mol. The summed E-state index contributed by atoms with van der Waals surface area (Å²) < 4.78 is 0. The quantitative estimate of drug-likeness (QED) is 0.661. The summed E-state index contributed by atoms with van der Waals surface area (Å²) in [5.74, 6) is -0.368. The maximum Gasteiger partial charge on any atom is 0.257 e. The van der Waals surface area contributed by atoms with Gasteiger partial charge in [0.05, 0.1) is 5.56 Å². The normalized spacial score (nSPS) is 11.1. The molecule has 0 spiro atoms. The second kappa shape index (κ2) is 8.91. The highest BCUT2D eigenvalue weighted by atomic mass is 16.2. The Kier molecular flexibility index (Phi) is 6.31. The molecule has 0 fully saturated rings. The van der Waals surface area contributed by atoms with Crippen molar-refractivity contribution in [1.29, 1.82) is 0 Å². The molecule has 0 saturated heterocycles. The first-order valence-electron chi connectivity index (χ1n) is 9.90. The molecule has 0 aliphatic carbocycles. The van der Waals surface area contributed by atoms with Crippen LogP contribution >= 0.6 is 0 Å². The maximum atomic E-state index is 12.9. The smallest absolute Gasteiger partial charge is 0.257 e. The minimum absolute atomic E-state index is 0.0982. The van der Waals surface area contributed by atoms with E-state index >= 15 is 0 Å². The van der Waals surface area contributed by atoms with Gasteiger partial charge in [0.25, 0.3) is 11.8 Å². The lowest BCUT2D eigenvalue weighted by molar-refractivity contribution is 0.0784. The summed E-state index contributed by atoms with van der Waals surface area (Å²) in [4.78, 5) is 30.8. The van der Waals surface area contributed by atoms with E-state index < -0.39 is 0 Å². The zero-order valence-corrected chi connectivity index (χ0v) is 17.8. The van der Waals surface area contributed by atoms with Crippen LogP contribution in [0.15, 0.2) is 73.1 Å². The lowest BCUT2D eigenvalue weighted by Crippen LogP contribution is -2.26. The average molecular weight is 402 g/mol. The van der Waals surface area contributed by atoms with Crippen LogP contribution in [0.25, 0.3) is 0 Å². The minimum atomic E-state index is -0.264. The monoisotopic (exact) mass is 401 g/mol. The molecule has 1 N–H and O–H groups in total. The van der Waals surface area contributed by atoms with E-state index in [1.54, 1.807) is 54.5 Å². The molecule has 2 aromatic carbocycles. The first kappa shape index (κ1) is 21.2. The Morgan fingerprint density at radius 1 is 0.967 bits per heavy atom. The van der Waals surface area contributed by atoms with Crippen LogP contribution in [0.2, 0.25) is 0 Å². The van der Waals surface area contributed by atoms with Crippen LogP contribution in [0.1, 0.15) is 52.6 Å². The fourth-order valence-electron chi connectivity index (χ4n) is 3.11. The molecule has 5 heteroatoms. The molecule has 0 aliphatic heterocycles. The van der Waals surface area contributed by atoms with Gasteiger partial charge in [0.1, 0.15) is 0 Å². The van der Waals surface area contributed by atoms with Gasteiger partial charge in [-0.15, -0.1) is 0 Å². The topological polar surface area (TPSA) is 62.3 Å². The molecule has 154 valence electrons. The molecule has 0 saturated carbocycles. The molecule has 3 aromatic rings. The second-order valence-electron chi connectivity index (χ2n) is 8.38. The van der Waals surface area contributed by atoms with E-state index in [0.29, 0.717) is 23.4 Å². The molecule has 0 atom stereocenters. The third kappa shape index (κ3) is 5.32. The highest BCUT2D eigenvalue weighted by Gasteiger charge is 2.16. The molecule has 1 aromatic heterocycles. The predicted molar refractivity (Wildman–Crippen MR) is 120 cm³/mol. The van der Waals surface area contributed by atoms with Gasteiger partial charge >= 0.3 is 0 Å². The lowest BCUT2D eigenvalue weighted by Gasteiger charge is -2.21. The van der Waals surface area contributed by atoms with Crippen molar-refractivity contribution in [2.24, 2.45) is 0 Å². The van der Waals surface area contributed by atoms with Crippen LogP contribution in [-0.4, -0.2) is 28.7 Å². The number of nitrogens with zero attached hydrogens (tertiary/aromatic N) is 2. The Bertz CT molecular complexity index is 1020. The predicted octanol–water partition coefficient (Wildman–Crippen LogP) is 4.90. The number of aromatic nitrogens is 1. The van der Waals surface area contributed by atoms with Crippen LogP contribution in [0.4, 0.5) is 5.69 Å². The van der Waals surface area contributed by atoms with Gasteiger partial charge in [-0.25, -0.2) is 0 Å². The van der Waals surface area contributed by atoms with Crippen LogP contribution in [0.3, 0.4) is 0 Å². The highest BCUT2D eigenvalue weighted by Crippen LogP contribution is 2.22. The molecule has 0 radical (unpaired) electrons. The summed E-state index contributed by atoms with van der Waals surface area (Å²) in [5, 5.41) is 2.81. The zero-order chi connectivity index (χ0) is 21.7. The maximum absolute atomic E-state index is 12.9. The van der Waals surface area contributed by atoms with Crippen molar-refractivity contribution in [1.82, 2.24) is 9.88 Å². The number of carbonyl (C=O) groups excluding carboxylic acids is 2. The molecule has 0 unspecified atom stereocenters. The van der Waals surface area contributed by atoms with Crippen LogP contribution < -0.4 is 5.32 Å². The minimum Gasteiger partial charge on any atom is -0.337 e. The third-order valence-electron chi connectivity index (χ3n) is 4.88. The van der Waals surface area contributed by atoms with E-state index in [2.05, 4.69) is 55.3 Å². The van der Waals surface area contributed by atoms with Gasteiger partial charge in [0.2, 0.25) is 0 Å². The highest BCUT2D eigenvalue weighted by molar-refractivity contribution is 6.04. The molecular formula is C25H27N3O2. The van der Waals surface area contributed by atoms with Gasteiger partial charge in [-0.2, -0.15) is 0 Å². The number of anilines is 1. The van der Waals surface area contributed by atoms with E-state index in [1.165, 1.54) is 11.8 Å². The average Bonchev–Trinajstić information content (AvgIpc) is 2.73. The Hall–Kier alpha value is -3.47. The Labute approximate surface area is 177 Å². The van der Waals surface area contributed by atoms with Gasteiger partial charge in [-0.1, -0.05) is 51.1 Å². The van der Waals surface area contributed by atoms with Gasteiger partial charge in [0, 0.05) is 37.2 Å². The number of hydrogen-bond donors (Lipinski definition) is 1. The summed E-state index contributed by atoms with van der Waals surface area (Å²) in [7, 11) is 1.78. The second-order valence-corrected chi connectivity index (χ2v) is 8.38. The van der Waals surface area contributed by atoms with Crippen LogP contribution in [0.5, 0.6) is 0 Å². The fraction of sp³-hybridized carbons (Fsp3) is 0.240. The van der Waals surface area contributed by atoms with Crippen molar-refractivity contribution in [2.45, 2.75) is 32.7 Å². The van der Waals surface area contributed by atoms with Crippen molar-refractivity contribution < 1.29 is 9.59 Å². The number of pyridine rings is 1. The number of amides is 2. The van der Waals surface area contributed by atoms with E-state index in [4.69, 9.17) is 0 Å². The van der Waals surface area contributed by atoms with E-state index in [-0.39, 0.29) is 17.2 Å². The van der Waals surface area contributed by atoms with Crippen molar-refractivity contribution in [2.75, 3.05) is 12.4 Å². The number of rotatable bonds is 5. The molecule has 0 bridgehead atoms. The summed E-state index contributed by atoms with van der Waals surface area (Å²) in [6, 6.07) is 18.7. The van der Waals surface area contributed by atoms with Gasteiger partial charge in [-0.3, -0.25) is 14.6 Å². The van der Waals surface area contributed by atoms with E-state index in [9.17, 15) is 9.59 Å². The molecule has 30 heavy (non-hydrogen) atoms. The molecule has 5 nitrogen and oxygen atoms in total. The largest absolute Gasteiger partial charge is 0.337 e. The number of carbonyl (C=O) groups is 2. The lowest BCUT2D eigenvalue weighted by atomic mass is 9.87. The standard InChI is InChI=1S/C25H27N3O2/c1-25(2,3)21-12-10-18(11-13-21)17-28(4)24(30)19-7-5-9-22(15-19)27-23(29)20-8-6-14-26-16-20/h5-16H,17H2,1-4H3,(H,27,29). The fourth-order valence-corrected chi connectivity index (χ4v) is 3.11. The van der Waals surface area contributed by atoms with Crippen molar-refractivity contribution in [3.8, 4) is 0 Å². The van der Waals surface area contributed by atoms with Gasteiger partial charge in [0.15, 0.2) is 0 Å². The molecule has 3 rings (SSSR count). The molecule has 2 amide bonds. The number of nitrogens with one attached hydrogen (secondary N) is 1. The molecule has 1 heterocycles. The van der Waals surface area contributed by atoms with Crippen molar-refractivity contribution in [3.63, 3.8) is 0 Å². The Morgan fingerprint density at radius 3 is 2.30 bits per heavy atom. The van der Waals surface area contributed by atoms with Crippen molar-refractivity contribution in [3.05, 3.63) is 95.3 Å². The van der Waals surface area contributed by atoms with E-state index in [0.717, 1.165) is 5.56 Å². The van der Waals surface area contributed by atoms with Crippen LogP contribution in [0, 0.1) is 0 Å². The van der Waals surface area contributed by atoms with E-state index in [1.807, 2.05) is 0 Å². The Balaban J connectivity index is 1.67. The van der Waals surface area contributed by atoms with Gasteiger partial charge < -0.3 is 10.2 Å². The summed E-state index contributed by atoms with van der Waals surface area (Å²) in [6.45, 7) is 7.04. The summed E-state index contributed by atoms with van der Waals surface area (Å²) in [6.07, 6.45) is 3.12. The van der Waals surface area contributed by atoms with Gasteiger partial charge in [-0.05, 0) is 46.9 Å². The molecule has 0 aliphatic rings. The number of hydrogen-bond acceptors (Lipinski definition) is 3. The summed E-state index contributed by atoms with van der Waals surface area (Å²) in [5.41, 5.74) is 3.98. The van der Waals surface area contributed by atoms with Crippen LogP contribution in [-0.2, 0) is 12.0 Å². The first-order valence-corrected chi connectivity index (χ1v) is 9.90. The van der Waals surface area contributed by atoms with Crippen molar-refractivity contribution >= 4 is 17.5 Å². The zero-order valence-electron chi connectivity index (χ0n) is 17.8. The SMILES string of the molecule is CN(Cc1ccc(C(C)(C)C)cc1)C(=O)c1cccc(NC(=O)c2cccnc2)c1. The number of benzene rings is 2. The first-order chi connectivity index (χ1) is 14.2.